The van der Waals surface area contributed by atoms with Gasteiger partial charge in [0, 0.05) is 6.42 Å². The Balaban J connectivity index is 0. The van der Waals surface area contributed by atoms with Gasteiger partial charge in [-0.25, -0.2) is 0 Å². The summed E-state index contributed by atoms with van der Waals surface area (Å²) < 4.78 is 0. The Labute approximate surface area is 86.9 Å². The highest BCUT2D eigenvalue weighted by Crippen LogP contribution is 2.07. The van der Waals surface area contributed by atoms with Crippen molar-refractivity contribution < 1.29 is 0 Å². The molecule has 0 amide bonds. The maximum Gasteiger partial charge on any atom is 0.0621 e. The van der Waals surface area contributed by atoms with Crippen molar-refractivity contribution in [3.8, 4) is 6.07 Å². The summed E-state index contributed by atoms with van der Waals surface area (Å²) in [6, 6.07) is 2.17. The standard InChI is InChI=1S/C10H19N.BrH/c1-2-3-4-5-6-7-8-9-10-11;/h2-9H2,1H3;1H. The van der Waals surface area contributed by atoms with E-state index in [1.165, 1.54) is 38.5 Å². The van der Waals surface area contributed by atoms with Gasteiger partial charge < -0.3 is 0 Å². The van der Waals surface area contributed by atoms with E-state index in [1.54, 1.807) is 0 Å². The van der Waals surface area contributed by atoms with Crippen molar-refractivity contribution in [2.45, 2.75) is 58.3 Å². The lowest BCUT2D eigenvalue weighted by molar-refractivity contribution is 0.593. The van der Waals surface area contributed by atoms with E-state index in [1.807, 2.05) is 0 Å². The number of hydrogen-bond donors (Lipinski definition) is 0. The van der Waals surface area contributed by atoms with Gasteiger partial charge in [0.15, 0.2) is 0 Å². The molecule has 0 aliphatic carbocycles. The summed E-state index contributed by atoms with van der Waals surface area (Å²) in [5, 5.41) is 8.26. The van der Waals surface area contributed by atoms with Gasteiger partial charge in [-0.2, -0.15) is 5.26 Å². The first-order valence-corrected chi connectivity index (χ1v) is 4.78. The van der Waals surface area contributed by atoms with Crippen LogP contribution in [0.2, 0.25) is 0 Å². The summed E-state index contributed by atoms with van der Waals surface area (Å²) in [6.45, 7) is 2.23. The van der Waals surface area contributed by atoms with Gasteiger partial charge >= 0.3 is 0 Å². The summed E-state index contributed by atoms with van der Waals surface area (Å²) in [5.74, 6) is 0. The van der Waals surface area contributed by atoms with Crippen LogP contribution < -0.4 is 0 Å². The van der Waals surface area contributed by atoms with E-state index >= 15 is 0 Å². The molecule has 2 heteroatoms. The van der Waals surface area contributed by atoms with E-state index in [-0.39, 0.29) is 17.0 Å². The molecule has 0 aromatic carbocycles. The molecule has 0 atom stereocenters. The number of hydrogen-bond acceptors (Lipinski definition) is 1. The van der Waals surface area contributed by atoms with Crippen LogP contribution in [0.3, 0.4) is 0 Å². The molecule has 0 aromatic heterocycles. The van der Waals surface area contributed by atoms with Gasteiger partial charge in [0.25, 0.3) is 0 Å². The van der Waals surface area contributed by atoms with Crippen molar-refractivity contribution in [2.24, 2.45) is 0 Å². The molecule has 0 radical (unpaired) electrons. The minimum absolute atomic E-state index is 0. The Hall–Kier alpha value is -0.0300. The van der Waals surface area contributed by atoms with E-state index in [4.69, 9.17) is 5.26 Å². The maximum absolute atomic E-state index is 8.26. The predicted molar refractivity (Wildman–Crippen MR) is 58.5 cm³/mol. The second-order valence-electron chi connectivity index (χ2n) is 3.03. The maximum atomic E-state index is 8.26. The van der Waals surface area contributed by atoms with E-state index in [9.17, 15) is 0 Å². The summed E-state index contributed by atoms with van der Waals surface area (Å²) in [7, 11) is 0. The van der Waals surface area contributed by atoms with Crippen molar-refractivity contribution in [3.05, 3.63) is 0 Å². The number of rotatable bonds is 7. The van der Waals surface area contributed by atoms with E-state index < -0.39 is 0 Å². The smallest absolute Gasteiger partial charge is 0.0621 e. The van der Waals surface area contributed by atoms with Crippen molar-refractivity contribution >= 4 is 17.0 Å². The quantitative estimate of drug-likeness (QED) is 0.605. The first-order chi connectivity index (χ1) is 5.41. The molecule has 0 aliphatic heterocycles. The van der Waals surface area contributed by atoms with Gasteiger partial charge in [0.05, 0.1) is 6.07 Å². The Morgan fingerprint density at radius 3 is 1.92 bits per heavy atom. The first kappa shape index (κ1) is 14.5. The van der Waals surface area contributed by atoms with Gasteiger partial charge in [0.1, 0.15) is 0 Å². The first-order valence-electron chi connectivity index (χ1n) is 4.78. The van der Waals surface area contributed by atoms with Crippen molar-refractivity contribution in [1.82, 2.24) is 0 Å². The van der Waals surface area contributed by atoms with Crippen LogP contribution in [0.5, 0.6) is 0 Å². The average molecular weight is 234 g/mol. The van der Waals surface area contributed by atoms with Crippen molar-refractivity contribution in [1.29, 1.82) is 5.26 Å². The van der Waals surface area contributed by atoms with Gasteiger partial charge in [-0.3, -0.25) is 0 Å². The third kappa shape index (κ3) is 12.6. The molecule has 0 spiro atoms. The molecule has 0 aromatic rings. The van der Waals surface area contributed by atoms with E-state index in [2.05, 4.69) is 13.0 Å². The van der Waals surface area contributed by atoms with Gasteiger partial charge in [0.2, 0.25) is 0 Å². The lowest BCUT2D eigenvalue weighted by atomic mass is 10.1. The van der Waals surface area contributed by atoms with Gasteiger partial charge in [-0.05, 0) is 6.42 Å². The van der Waals surface area contributed by atoms with Crippen molar-refractivity contribution in [3.63, 3.8) is 0 Å². The molecule has 0 fully saturated rings. The molecular formula is C10H20BrN. The zero-order valence-corrected chi connectivity index (χ0v) is 9.73. The third-order valence-corrected chi connectivity index (χ3v) is 1.89. The van der Waals surface area contributed by atoms with Crippen LogP contribution in [0.4, 0.5) is 0 Å². The molecule has 0 bridgehead atoms. The van der Waals surface area contributed by atoms with Crippen LogP contribution in [0, 0.1) is 11.3 Å². The highest BCUT2D eigenvalue weighted by molar-refractivity contribution is 8.93. The Morgan fingerprint density at radius 2 is 1.42 bits per heavy atom. The molecule has 0 heterocycles. The molecule has 0 N–H and O–H groups in total. The predicted octanol–water partition coefficient (Wildman–Crippen LogP) is 4.23. The molecule has 0 rings (SSSR count). The minimum Gasteiger partial charge on any atom is -0.198 e. The monoisotopic (exact) mass is 233 g/mol. The average Bonchev–Trinajstić information content (AvgIpc) is 2.03. The lowest BCUT2D eigenvalue weighted by Crippen LogP contribution is -1.78. The van der Waals surface area contributed by atoms with Crippen LogP contribution in [0.15, 0.2) is 0 Å². The molecule has 0 unspecified atom stereocenters. The van der Waals surface area contributed by atoms with Gasteiger partial charge in [-0.1, -0.05) is 45.4 Å². The molecule has 72 valence electrons. The van der Waals surface area contributed by atoms with Crippen molar-refractivity contribution in [2.75, 3.05) is 0 Å². The van der Waals surface area contributed by atoms with Crippen LogP contribution in [0.25, 0.3) is 0 Å². The Bertz CT molecular complexity index is 107. The highest BCUT2D eigenvalue weighted by Gasteiger charge is 1.89. The zero-order valence-electron chi connectivity index (χ0n) is 8.01. The van der Waals surface area contributed by atoms with Crippen LogP contribution in [-0.2, 0) is 0 Å². The minimum atomic E-state index is 0. The fraction of sp³-hybridized carbons (Fsp3) is 0.900. The normalized spacial score (nSPS) is 8.67. The van der Waals surface area contributed by atoms with E-state index in [0.29, 0.717) is 0 Å². The third-order valence-electron chi connectivity index (χ3n) is 1.89. The molecule has 0 aliphatic rings. The second kappa shape index (κ2) is 13.6. The lowest BCUT2D eigenvalue weighted by Gasteiger charge is -1.97. The number of unbranched alkanes of at least 4 members (excludes halogenated alkanes) is 7. The van der Waals surface area contributed by atoms with Gasteiger partial charge in [-0.15, -0.1) is 17.0 Å². The molecule has 12 heavy (non-hydrogen) atoms. The van der Waals surface area contributed by atoms with E-state index in [0.717, 1.165) is 12.8 Å². The topological polar surface area (TPSA) is 23.8 Å². The van der Waals surface area contributed by atoms with Crippen LogP contribution in [-0.4, -0.2) is 0 Å². The summed E-state index contributed by atoms with van der Waals surface area (Å²) >= 11 is 0. The Morgan fingerprint density at radius 1 is 0.917 bits per heavy atom. The van der Waals surface area contributed by atoms with Crippen LogP contribution in [0.1, 0.15) is 58.3 Å². The number of nitrogens with zero attached hydrogens (tertiary/aromatic N) is 1. The summed E-state index contributed by atoms with van der Waals surface area (Å²) in [6.07, 6.45) is 9.84. The summed E-state index contributed by atoms with van der Waals surface area (Å²) in [4.78, 5) is 0. The fourth-order valence-electron chi connectivity index (χ4n) is 1.16. The Kier molecular flexibility index (Phi) is 16.4. The second-order valence-corrected chi connectivity index (χ2v) is 3.03. The molecular weight excluding hydrogens is 214 g/mol. The number of nitriles is 1. The highest BCUT2D eigenvalue weighted by atomic mass is 79.9. The fourth-order valence-corrected chi connectivity index (χ4v) is 1.16. The SMILES string of the molecule is Br.CCCCCCCCCC#N. The summed E-state index contributed by atoms with van der Waals surface area (Å²) in [5.41, 5.74) is 0. The molecule has 0 saturated heterocycles. The zero-order chi connectivity index (χ0) is 8.36. The van der Waals surface area contributed by atoms with Crippen LogP contribution >= 0.6 is 17.0 Å². The largest absolute Gasteiger partial charge is 0.198 e. The molecule has 1 nitrogen and oxygen atoms in total. The molecule has 0 saturated carbocycles. The number of halogens is 1.